The SMILES string of the molecule is C=CCOc1ccccc1NC(=S)NC(=O)c1ccc(OCCC(C)C)c(Br)c1. The molecule has 0 fully saturated rings. The molecule has 7 heteroatoms. The summed E-state index contributed by atoms with van der Waals surface area (Å²) < 4.78 is 12.0. The molecule has 0 bridgehead atoms. The molecule has 2 rings (SSSR count). The molecule has 0 saturated carbocycles. The molecular formula is C22H25BrN2O3S. The Bertz CT molecular complexity index is 871. The number of hydrogen-bond acceptors (Lipinski definition) is 4. The Balaban J connectivity index is 1.97. The molecule has 154 valence electrons. The van der Waals surface area contributed by atoms with Gasteiger partial charge in [0.05, 0.1) is 16.8 Å². The molecular weight excluding hydrogens is 452 g/mol. The number of thiocarbonyl (C=S) groups is 1. The molecule has 0 aliphatic rings. The Morgan fingerprint density at radius 2 is 1.97 bits per heavy atom. The van der Waals surface area contributed by atoms with Crippen LogP contribution in [0.25, 0.3) is 0 Å². The number of amides is 1. The fourth-order valence-electron chi connectivity index (χ4n) is 2.34. The summed E-state index contributed by atoms with van der Waals surface area (Å²) in [7, 11) is 0. The second kappa shape index (κ2) is 11.6. The van der Waals surface area contributed by atoms with Crippen LogP contribution in [0.1, 0.15) is 30.6 Å². The highest BCUT2D eigenvalue weighted by atomic mass is 79.9. The zero-order valence-corrected chi connectivity index (χ0v) is 18.9. The quantitative estimate of drug-likeness (QED) is 0.366. The van der Waals surface area contributed by atoms with E-state index in [1.54, 1.807) is 24.3 Å². The number of nitrogens with one attached hydrogen (secondary N) is 2. The van der Waals surface area contributed by atoms with E-state index in [0.29, 0.717) is 41.9 Å². The van der Waals surface area contributed by atoms with Crippen LogP contribution in [-0.4, -0.2) is 24.2 Å². The van der Waals surface area contributed by atoms with Crippen molar-refractivity contribution in [3.05, 3.63) is 65.2 Å². The third-order valence-corrected chi connectivity index (χ3v) is 4.69. The van der Waals surface area contributed by atoms with Crippen LogP contribution in [0, 0.1) is 5.92 Å². The van der Waals surface area contributed by atoms with E-state index in [2.05, 4.69) is 47.0 Å². The maximum Gasteiger partial charge on any atom is 0.257 e. The third kappa shape index (κ3) is 7.51. The average molecular weight is 477 g/mol. The second-order valence-corrected chi connectivity index (χ2v) is 7.94. The largest absolute Gasteiger partial charge is 0.492 e. The molecule has 1 amide bonds. The minimum atomic E-state index is -0.318. The van der Waals surface area contributed by atoms with Crippen LogP contribution in [0.15, 0.2) is 59.6 Å². The van der Waals surface area contributed by atoms with E-state index in [4.69, 9.17) is 21.7 Å². The second-order valence-electron chi connectivity index (χ2n) is 6.68. The molecule has 0 saturated heterocycles. The maximum atomic E-state index is 12.5. The lowest BCUT2D eigenvalue weighted by molar-refractivity contribution is 0.0977. The van der Waals surface area contributed by atoms with Crippen LogP contribution < -0.4 is 20.1 Å². The summed E-state index contributed by atoms with van der Waals surface area (Å²) in [4.78, 5) is 12.5. The van der Waals surface area contributed by atoms with Gasteiger partial charge in [-0.2, -0.15) is 0 Å². The van der Waals surface area contributed by atoms with Gasteiger partial charge >= 0.3 is 0 Å². The molecule has 0 radical (unpaired) electrons. The summed E-state index contributed by atoms with van der Waals surface area (Å²) in [5, 5.41) is 5.84. The Hall–Kier alpha value is -2.38. The highest BCUT2D eigenvalue weighted by Gasteiger charge is 2.12. The van der Waals surface area contributed by atoms with Crippen LogP contribution in [0.3, 0.4) is 0 Å². The number of rotatable bonds is 9. The lowest BCUT2D eigenvalue weighted by Crippen LogP contribution is -2.34. The predicted molar refractivity (Wildman–Crippen MR) is 125 cm³/mol. The molecule has 0 atom stereocenters. The fraction of sp³-hybridized carbons (Fsp3) is 0.273. The molecule has 2 N–H and O–H groups in total. The minimum absolute atomic E-state index is 0.179. The molecule has 29 heavy (non-hydrogen) atoms. The van der Waals surface area contributed by atoms with Crippen molar-refractivity contribution < 1.29 is 14.3 Å². The van der Waals surface area contributed by atoms with Crippen molar-refractivity contribution in [2.75, 3.05) is 18.5 Å². The van der Waals surface area contributed by atoms with Crippen molar-refractivity contribution in [2.45, 2.75) is 20.3 Å². The molecule has 0 aromatic heterocycles. The van der Waals surface area contributed by atoms with Gasteiger partial charge in [0, 0.05) is 5.56 Å². The standard InChI is InChI=1S/C22H25BrN2O3S/c1-4-12-27-20-8-6-5-7-18(20)24-22(29)25-21(26)16-9-10-19(17(23)14-16)28-13-11-15(2)3/h4-10,14-15H,1,11-13H2,2-3H3,(H2,24,25,26,29). The molecule has 0 heterocycles. The van der Waals surface area contributed by atoms with Gasteiger partial charge in [0.1, 0.15) is 18.1 Å². The highest BCUT2D eigenvalue weighted by Crippen LogP contribution is 2.27. The summed E-state index contributed by atoms with van der Waals surface area (Å²) >= 11 is 8.73. The summed E-state index contributed by atoms with van der Waals surface area (Å²) in [6.45, 7) is 8.93. The molecule has 0 aliphatic carbocycles. The summed E-state index contributed by atoms with van der Waals surface area (Å²) in [6.07, 6.45) is 2.62. The number of carbonyl (C=O) groups excluding carboxylic acids is 1. The summed E-state index contributed by atoms with van der Waals surface area (Å²) in [6, 6.07) is 12.5. The Kier molecular flexibility index (Phi) is 9.15. The number of carbonyl (C=O) groups is 1. The normalized spacial score (nSPS) is 10.3. The van der Waals surface area contributed by atoms with Gasteiger partial charge in [0.15, 0.2) is 5.11 Å². The Morgan fingerprint density at radius 3 is 2.66 bits per heavy atom. The number of hydrogen-bond donors (Lipinski definition) is 2. The third-order valence-electron chi connectivity index (χ3n) is 3.87. The Labute approximate surface area is 185 Å². The van der Waals surface area contributed by atoms with Crippen molar-refractivity contribution >= 4 is 44.9 Å². The maximum absolute atomic E-state index is 12.5. The number of halogens is 1. The van der Waals surface area contributed by atoms with Crippen molar-refractivity contribution in [3.8, 4) is 11.5 Å². The van der Waals surface area contributed by atoms with E-state index in [-0.39, 0.29) is 11.0 Å². The van der Waals surface area contributed by atoms with Gasteiger partial charge in [-0.15, -0.1) is 0 Å². The predicted octanol–water partition coefficient (Wildman–Crippen LogP) is 5.57. The van der Waals surface area contributed by atoms with Gasteiger partial charge < -0.3 is 14.8 Å². The first-order valence-electron chi connectivity index (χ1n) is 9.28. The van der Waals surface area contributed by atoms with E-state index < -0.39 is 0 Å². The van der Waals surface area contributed by atoms with Crippen LogP contribution >= 0.6 is 28.1 Å². The first kappa shape index (κ1) is 22.9. The lowest BCUT2D eigenvalue weighted by Gasteiger charge is -2.14. The van der Waals surface area contributed by atoms with Gasteiger partial charge in [0.25, 0.3) is 5.91 Å². The summed E-state index contributed by atoms with van der Waals surface area (Å²) in [5.41, 5.74) is 1.13. The monoisotopic (exact) mass is 476 g/mol. The van der Waals surface area contributed by atoms with E-state index in [0.717, 1.165) is 10.9 Å². The molecule has 2 aromatic carbocycles. The first-order chi connectivity index (χ1) is 13.9. The molecule has 0 unspecified atom stereocenters. The smallest absolute Gasteiger partial charge is 0.257 e. The number of anilines is 1. The summed E-state index contributed by atoms with van der Waals surface area (Å²) in [5.74, 6) is 1.58. The lowest BCUT2D eigenvalue weighted by atomic mass is 10.1. The van der Waals surface area contributed by atoms with Gasteiger partial charge in [-0.25, -0.2) is 0 Å². The van der Waals surface area contributed by atoms with Crippen molar-refractivity contribution in [1.82, 2.24) is 5.32 Å². The van der Waals surface area contributed by atoms with Gasteiger partial charge in [-0.3, -0.25) is 10.1 Å². The minimum Gasteiger partial charge on any atom is -0.492 e. The molecule has 5 nitrogen and oxygen atoms in total. The zero-order chi connectivity index (χ0) is 21.2. The van der Waals surface area contributed by atoms with Crippen LogP contribution in [0.5, 0.6) is 11.5 Å². The highest BCUT2D eigenvalue weighted by molar-refractivity contribution is 9.10. The zero-order valence-electron chi connectivity index (χ0n) is 16.5. The molecule has 0 spiro atoms. The van der Waals surface area contributed by atoms with Crippen molar-refractivity contribution in [3.63, 3.8) is 0 Å². The first-order valence-corrected chi connectivity index (χ1v) is 10.5. The van der Waals surface area contributed by atoms with Crippen LogP contribution in [-0.2, 0) is 0 Å². The molecule has 2 aromatic rings. The number of benzene rings is 2. The average Bonchev–Trinajstić information content (AvgIpc) is 2.68. The van der Waals surface area contributed by atoms with E-state index in [9.17, 15) is 4.79 Å². The van der Waals surface area contributed by atoms with Crippen molar-refractivity contribution in [2.24, 2.45) is 5.92 Å². The van der Waals surface area contributed by atoms with E-state index in [1.165, 1.54) is 0 Å². The van der Waals surface area contributed by atoms with Gasteiger partial charge in [0.2, 0.25) is 0 Å². The number of para-hydroxylation sites is 2. The topological polar surface area (TPSA) is 59.6 Å². The van der Waals surface area contributed by atoms with Crippen LogP contribution in [0.4, 0.5) is 5.69 Å². The van der Waals surface area contributed by atoms with E-state index >= 15 is 0 Å². The van der Waals surface area contributed by atoms with Gasteiger partial charge in [-0.1, -0.05) is 38.6 Å². The van der Waals surface area contributed by atoms with Crippen molar-refractivity contribution in [1.29, 1.82) is 0 Å². The van der Waals surface area contributed by atoms with Gasteiger partial charge in [-0.05, 0) is 70.8 Å². The van der Waals surface area contributed by atoms with Crippen LogP contribution in [0.2, 0.25) is 0 Å². The molecule has 0 aliphatic heterocycles. The Morgan fingerprint density at radius 1 is 1.21 bits per heavy atom. The van der Waals surface area contributed by atoms with E-state index in [1.807, 2.05) is 24.3 Å². The fourth-order valence-corrected chi connectivity index (χ4v) is 3.03. The number of ether oxygens (including phenoxy) is 2.